The van der Waals surface area contributed by atoms with Gasteiger partial charge in [0.15, 0.2) is 0 Å². The summed E-state index contributed by atoms with van der Waals surface area (Å²) in [7, 11) is 0. The predicted molar refractivity (Wildman–Crippen MR) is 87.0 cm³/mol. The summed E-state index contributed by atoms with van der Waals surface area (Å²) >= 11 is 2.14. The van der Waals surface area contributed by atoms with Gasteiger partial charge in [-0.2, -0.15) is 11.8 Å². The van der Waals surface area contributed by atoms with Gasteiger partial charge in [-0.25, -0.2) is 0 Å². The van der Waals surface area contributed by atoms with Gasteiger partial charge >= 0.3 is 0 Å². The zero-order valence-corrected chi connectivity index (χ0v) is 13.5. The molecule has 1 saturated carbocycles. The molecule has 2 nitrogen and oxygen atoms in total. The fraction of sp³-hybridized carbons (Fsp3) is 1.00. The maximum atomic E-state index is 3.83. The lowest BCUT2D eigenvalue weighted by Crippen LogP contribution is -2.42. The number of hydrogen-bond donors (Lipinski definition) is 1. The van der Waals surface area contributed by atoms with Gasteiger partial charge in [-0.1, -0.05) is 26.2 Å². The van der Waals surface area contributed by atoms with Crippen molar-refractivity contribution in [1.29, 1.82) is 0 Å². The third kappa shape index (κ3) is 5.65. The van der Waals surface area contributed by atoms with Crippen LogP contribution in [0.15, 0.2) is 0 Å². The van der Waals surface area contributed by atoms with E-state index >= 15 is 0 Å². The van der Waals surface area contributed by atoms with E-state index in [-0.39, 0.29) is 0 Å². The van der Waals surface area contributed by atoms with Crippen LogP contribution in [-0.2, 0) is 0 Å². The number of thioether (sulfide) groups is 1. The molecule has 0 aromatic carbocycles. The summed E-state index contributed by atoms with van der Waals surface area (Å²) in [6.45, 7) is 7.50. The number of rotatable bonds is 5. The van der Waals surface area contributed by atoms with Gasteiger partial charge in [-0.15, -0.1) is 0 Å². The molecule has 0 aromatic heterocycles. The Morgan fingerprint density at radius 2 is 1.95 bits per heavy atom. The van der Waals surface area contributed by atoms with E-state index in [9.17, 15) is 0 Å². The van der Waals surface area contributed by atoms with Crippen LogP contribution in [0.4, 0.5) is 0 Å². The Morgan fingerprint density at radius 1 is 1.05 bits per heavy atom. The molecule has 1 N–H and O–H groups in total. The quantitative estimate of drug-likeness (QED) is 0.779. The van der Waals surface area contributed by atoms with Crippen molar-refractivity contribution in [3.8, 4) is 0 Å². The maximum Gasteiger partial charge on any atom is 0.0107 e. The van der Waals surface area contributed by atoms with Gasteiger partial charge in [0.25, 0.3) is 0 Å². The van der Waals surface area contributed by atoms with Crippen molar-refractivity contribution >= 4 is 11.8 Å². The van der Waals surface area contributed by atoms with Crippen LogP contribution in [-0.4, -0.2) is 48.6 Å². The van der Waals surface area contributed by atoms with Crippen molar-refractivity contribution < 1.29 is 0 Å². The first-order valence-corrected chi connectivity index (χ1v) is 9.59. The summed E-state index contributed by atoms with van der Waals surface area (Å²) in [5.74, 6) is 3.62. The third-order valence-corrected chi connectivity index (χ3v) is 5.67. The Balaban J connectivity index is 1.84. The van der Waals surface area contributed by atoms with Gasteiger partial charge in [0.1, 0.15) is 0 Å². The average Bonchev–Trinajstić information content (AvgIpc) is 2.80. The molecule has 0 aromatic rings. The van der Waals surface area contributed by atoms with E-state index in [2.05, 4.69) is 28.9 Å². The summed E-state index contributed by atoms with van der Waals surface area (Å²) in [5.41, 5.74) is 0. The second-order valence-corrected chi connectivity index (χ2v) is 7.45. The van der Waals surface area contributed by atoms with E-state index in [0.29, 0.717) is 0 Å². The Bertz CT molecular complexity index is 227. The molecule has 19 heavy (non-hydrogen) atoms. The Morgan fingerprint density at radius 3 is 2.84 bits per heavy atom. The molecule has 1 heterocycles. The van der Waals surface area contributed by atoms with Crippen LogP contribution in [0.2, 0.25) is 0 Å². The zero-order chi connectivity index (χ0) is 13.3. The number of nitrogens with zero attached hydrogens (tertiary/aromatic N) is 1. The van der Waals surface area contributed by atoms with Gasteiger partial charge in [0.05, 0.1) is 0 Å². The highest BCUT2D eigenvalue weighted by atomic mass is 32.2. The van der Waals surface area contributed by atoms with Gasteiger partial charge in [0.2, 0.25) is 0 Å². The molecule has 1 aliphatic carbocycles. The van der Waals surface area contributed by atoms with Crippen molar-refractivity contribution in [2.45, 2.75) is 57.9 Å². The maximum absolute atomic E-state index is 3.83. The molecule has 2 rings (SSSR count). The van der Waals surface area contributed by atoms with Gasteiger partial charge < -0.3 is 10.2 Å². The van der Waals surface area contributed by atoms with Crippen LogP contribution in [0, 0.1) is 5.92 Å². The lowest BCUT2D eigenvalue weighted by atomic mass is 9.93. The zero-order valence-electron chi connectivity index (χ0n) is 12.7. The largest absolute Gasteiger partial charge is 0.314 e. The van der Waals surface area contributed by atoms with E-state index in [4.69, 9.17) is 0 Å². The SMILES string of the molecule is CCCNC1CCCCCC1CN1CCCSCC1. The first-order valence-electron chi connectivity index (χ1n) is 8.43. The minimum Gasteiger partial charge on any atom is -0.314 e. The van der Waals surface area contributed by atoms with Crippen LogP contribution < -0.4 is 5.32 Å². The minimum absolute atomic E-state index is 0.790. The van der Waals surface area contributed by atoms with Crippen molar-refractivity contribution in [1.82, 2.24) is 10.2 Å². The van der Waals surface area contributed by atoms with E-state index in [0.717, 1.165) is 12.0 Å². The summed E-state index contributed by atoms with van der Waals surface area (Å²) in [5, 5.41) is 3.83. The van der Waals surface area contributed by atoms with Gasteiger partial charge in [-0.05, 0) is 50.4 Å². The summed E-state index contributed by atoms with van der Waals surface area (Å²) in [6, 6.07) is 0.790. The van der Waals surface area contributed by atoms with E-state index < -0.39 is 0 Å². The van der Waals surface area contributed by atoms with Crippen LogP contribution in [0.3, 0.4) is 0 Å². The topological polar surface area (TPSA) is 15.3 Å². The lowest BCUT2D eigenvalue weighted by Gasteiger charge is -2.31. The molecular weight excluding hydrogens is 252 g/mol. The Hall–Kier alpha value is 0.270. The standard InChI is InChI=1S/C16H32N2S/c1-2-9-17-16-8-5-3-4-7-15(16)14-18-10-6-12-19-13-11-18/h15-17H,2-14H2,1H3. The molecule has 2 aliphatic rings. The predicted octanol–water partition coefficient (Wildman–Crippen LogP) is 3.37. The van der Waals surface area contributed by atoms with Crippen LogP contribution in [0.25, 0.3) is 0 Å². The molecule has 0 radical (unpaired) electrons. The molecule has 112 valence electrons. The molecule has 0 amide bonds. The summed E-state index contributed by atoms with van der Waals surface area (Å²) < 4.78 is 0. The third-order valence-electron chi connectivity index (χ3n) is 4.62. The molecule has 1 saturated heterocycles. The van der Waals surface area contributed by atoms with Crippen molar-refractivity contribution in [3.05, 3.63) is 0 Å². The van der Waals surface area contributed by atoms with E-state index in [1.54, 1.807) is 0 Å². The molecular formula is C16H32N2S. The molecule has 2 fully saturated rings. The first kappa shape index (κ1) is 15.7. The van der Waals surface area contributed by atoms with Crippen molar-refractivity contribution in [2.24, 2.45) is 5.92 Å². The normalized spacial score (nSPS) is 30.8. The van der Waals surface area contributed by atoms with Crippen LogP contribution in [0.1, 0.15) is 51.9 Å². The number of hydrogen-bond acceptors (Lipinski definition) is 3. The molecule has 2 unspecified atom stereocenters. The molecule has 0 spiro atoms. The second kappa shape index (κ2) is 9.25. The fourth-order valence-electron chi connectivity index (χ4n) is 3.51. The van der Waals surface area contributed by atoms with Gasteiger partial charge in [-0.3, -0.25) is 0 Å². The number of nitrogens with one attached hydrogen (secondary N) is 1. The molecule has 0 bridgehead atoms. The highest BCUT2D eigenvalue weighted by Gasteiger charge is 2.25. The second-order valence-electron chi connectivity index (χ2n) is 6.23. The fourth-order valence-corrected chi connectivity index (χ4v) is 4.44. The van der Waals surface area contributed by atoms with E-state index in [1.165, 1.54) is 82.6 Å². The highest BCUT2D eigenvalue weighted by molar-refractivity contribution is 7.99. The van der Waals surface area contributed by atoms with Crippen LogP contribution >= 0.6 is 11.8 Å². The summed E-state index contributed by atoms with van der Waals surface area (Å²) in [6.07, 6.45) is 9.87. The van der Waals surface area contributed by atoms with Gasteiger partial charge in [0, 0.05) is 24.9 Å². The molecule has 2 atom stereocenters. The molecule has 1 aliphatic heterocycles. The van der Waals surface area contributed by atoms with Crippen molar-refractivity contribution in [3.63, 3.8) is 0 Å². The highest BCUT2D eigenvalue weighted by Crippen LogP contribution is 2.25. The summed E-state index contributed by atoms with van der Waals surface area (Å²) in [4.78, 5) is 2.75. The molecule has 3 heteroatoms. The lowest BCUT2D eigenvalue weighted by molar-refractivity contribution is 0.204. The monoisotopic (exact) mass is 284 g/mol. The van der Waals surface area contributed by atoms with Crippen LogP contribution in [0.5, 0.6) is 0 Å². The Labute approximate surface area is 124 Å². The Kier molecular flexibility index (Phi) is 7.62. The van der Waals surface area contributed by atoms with Crippen molar-refractivity contribution in [2.75, 3.05) is 37.7 Å². The first-order chi connectivity index (χ1) is 9.40. The minimum atomic E-state index is 0.790. The van der Waals surface area contributed by atoms with E-state index in [1.807, 2.05) is 0 Å². The average molecular weight is 285 g/mol. The smallest absolute Gasteiger partial charge is 0.0107 e.